The van der Waals surface area contributed by atoms with E-state index in [2.05, 4.69) is 20.8 Å². The molecule has 0 bridgehead atoms. The highest BCUT2D eigenvalue weighted by atomic mass is 35.5. The standard InChI is InChI=1S/C17H25ClFN/c1-4-16(2,3)12-7-9-17(20,10-8-12)14-11-13(19)5-6-15(14)18/h5-6,11-12H,4,7-10,20H2,1-3H3. The van der Waals surface area contributed by atoms with Crippen molar-refractivity contribution in [2.45, 2.75) is 58.4 Å². The van der Waals surface area contributed by atoms with Crippen LogP contribution in [0.5, 0.6) is 0 Å². The van der Waals surface area contributed by atoms with Gasteiger partial charge in [-0.25, -0.2) is 4.39 Å². The van der Waals surface area contributed by atoms with E-state index in [-0.39, 0.29) is 5.82 Å². The van der Waals surface area contributed by atoms with E-state index >= 15 is 0 Å². The van der Waals surface area contributed by atoms with Crippen molar-refractivity contribution in [1.82, 2.24) is 0 Å². The summed E-state index contributed by atoms with van der Waals surface area (Å²) in [4.78, 5) is 0. The van der Waals surface area contributed by atoms with Crippen LogP contribution in [0.1, 0.15) is 58.4 Å². The molecule has 0 amide bonds. The first-order valence-electron chi connectivity index (χ1n) is 7.53. The fourth-order valence-electron chi connectivity index (χ4n) is 3.35. The molecule has 0 unspecified atom stereocenters. The van der Waals surface area contributed by atoms with Gasteiger partial charge in [0.15, 0.2) is 0 Å². The number of hydrogen-bond donors (Lipinski definition) is 1. The van der Waals surface area contributed by atoms with Gasteiger partial charge in [-0.2, -0.15) is 0 Å². The third kappa shape index (κ3) is 3.01. The van der Waals surface area contributed by atoms with Crippen molar-refractivity contribution < 1.29 is 4.39 Å². The third-order valence-electron chi connectivity index (χ3n) is 5.36. The van der Waals surface area contributed by atoms with E-state index < -0.39 is 5.54 Å². The Bertz CT molecular complexity index is 476. The summed E-state index contributed by atoms with van der Waals surface area (Å²) in [6.45, 7) is 6.90. The maximum absolute atomic E-state index is 13.5. The molecule has 0 aliphatic heterocycles. The Morgan fingerprint density at radius 2 is 1.95 bits per heavy atom. The molecule has 1 nitrogen and oxygen atoms in total. The topological polar surface area (TPSA) is 26.0 Å². The first-order valence-corrected chi connectivity index (χ1v) is 7.91. The van der Waals surface area contributed by atoms with Crippen LogP contribution in [0.15, 0.2) is 18.2 Å². The molecular weight excluding hydrogens is 273 g/mol. The lowest BCUT2D eigenvalue weighted by Gasteiger charge is -2.43. The molecule has 0 radical (unpaired) electrons. The predicted octanol–water partition coefficient (Wildman–Crippen LogP) is 5.26. The van der Waals surface area contributed by atoms with Crippen molar-refractivity contribution in [1.29, 1.82) is 0 Å². The summed E-state index contributed by atoms with van der Waals surface area (Å²) in [6.07, 6.45) is 5.11. The van der Waals surface area contributed by atoms with Crippen LogP contribution in [0.25, 0.3) is 0 Å². The van der Waals surface area contributed by atoms with Crippen molar-refractivity contribution in [3.8, 4) is 0 Å². The Hall–Kier alpha value is -0.600. The van der Waals surface area contributed by atoms with Gasteiger partial charge in [0.25, 0.3) is 0 Å². The minimum absolute atomic E-state index is 0.259. The molecular formula is C17H25ClFN. The van der Waals surface area contributed by atoms with Crippen molar-refractivity contribution >= 4 is 11.6 Å². The average molecular weight is 298 g/mol. The molecule has 112 valence electrons. The monoisotopic (exact) mass is 297 g/mol. The number of rotatable bonds is 3. The molecule has 2 rings (SSSR count). The summed E-state index contributed by atoms with van der Waals surface area (Å²) in [5.41, 5.74) is 7.20. The summed E-state index contributed by atoms with van der Waals surface area (Å²) >= 11 is 6.23. The van der Waals surface area contributed by atoms with Crippen LogP contribution < -0.4 is 5.73 Å². The van der Waals surface area contributed by atoms with Gasteiger partial charge >= 0.3 is 0 Å². The third-order valence-corrected chi connectivity index (χ3v) is 5.69. The molecule has 3 heteroatoms. The molecule has 1 aromatic carbocycles. The van der Waals surface area contributed by atoms with E-state index in [9.17, 15) is 4.39 Å². The lowest BCUT2D eigenvalue weighted by atomic mass is 9.64. The lowest BCUT2D eigenvalue weighted by molar-refractivity contribution is 0.115. The zero-order valence-corrected chi connectivity index (χ0v) is 13.4. The molecule has 1 aromatic rings. The highest BCUT2D eigenvalue weighted by Gasteiger charge is 2.39. The largest absolute Gasteiger partial charge is 0.321 e. The number of halogens is 2. The maximum atomic E-state index is 13.5. The Balaban J connectivity index is 2.18. The minimum atomic E-state index is -0.473. The van der Waals surface area contributed by atoms with Gasteiger partial charge in [-0.15, -0.1) is 0 Å². The molecule has 1 aliphatic carbocycles. The number of hydrogen-bond acceptors (Lipinski definition) is 1. The predicted molar refractivity (Wildman–Crippen MR) is 83.3 cm³/mol. The maximum Gasteiger partial charge on any atom is 0.123 e. The van der Waals surface area contributed by atoms with Gasteiger partial charge in [0.05, 0.1) is 0 Å². The zero-order valence-electron chi connectivity index (χ0n) is 12.7. The number of benzene rings is 1. The normalized spacial score (nSPS) is 27.6. The smallest absolute Gasteiger partial charge is 0.123 e. The van der Waals surface area contributed by atoms with Crippen LogP contribution in [-0.4, -0.2) is 0 Å². The highest BCUT2D eigenvalue weighted by Crippen LogP contribution is 2.46. The molecule has 0 atom stereocenters. The van der Waals surface area contributed by atoms with Crippen LogP contribution in [-0.2, 0) is 5.54 Å². The van der Waals surface area contributed by atoms with E-state index in [1.165, 1.54) is 18.6 Å². The second-order valence-electron chi connectivity index (χ2n) is 6.90. The molecule has 1 aliphatic rings. The van der Waals surface area contributed by atoms with E-state index in [4.69, 9.17) is 17.3 Å². The van der Waals surface area contributed by atoms with Crippen LogP contribution >= 0.6 is 11.6 Å². The van der Waals surface area contributed by atoms with Gasteiger partial charge < -0.3 is 5.73 Å². The first-order chi connectivity index (χ1) is 9.28. The van der Waals surface area contributed by atoms with Crippen LogP contribution in [0.2, 0.25) is 5.02 Å². The van der Waals surface area contributed by atoms with E-state index in [0.717, 1.165) is 31.2 Å². The molecule has 0 spiro atoms. The Morgan fingerprint density at radius 1 is 1.35 bits per heavy atom. The summed E-state index contributed by atoms with van der Waals surface area (Å²) in [6, 6.07) is 4.51. The highest BCUT2D eigenvalue weighted by molar-refractivity contribution is 6.31. The fourth-order valence-corrected chi connectivity index (χ4v) is 3.66. The van der Waals surface area contributed by atoms with Crippen molar-refractivity contribution in [2.24, 2.45) is 17.1 Å². The fraction of sp³-hybridized carbons (Fsp3) is 0.647. The Kier molecular flexibility index (Phi) is 4.46. The van der Waals surface area contributed by atoms with E-state index in [0.29, 0.717) is 16.4 Å². The van der Waals surface area contributed by atoms with Gasteiger partial charge in [0, 0.05) is 10.6 Å². The quantitative estimate of drug-likeness (QED) is 0.809. The second-order valence-corrected chi connectivity index (χ2v) is 7.30. The molecule has 0 saturated heterocycles. The van der Waals surface area contributed by atoms with Gasteiger partial charge in [-0.3, -0.25) is 0 Å². The zero-order chi connectivity index (χ0) is 15.0. The van der Waals surface area contributed by atoms with Gasteiger partial charge in [-0.1, -0.05) is 38.8 Å². The molecule has 1 fully saturated rings. The molecule has 1 saturated carbocycles. The van der Waals surface area contributed by atoms with Crippen LogP contribution in [0, 0.1) is 17.2 Å². The summed E-state index contributed by atoms with van der Waals surface area (Å²) in [5, 5.41) is 0.585. The first kappa shape index (κ1) is 15.8. The minimum Gasteiger partial charge on any atom is -0.321 e. The molecule has 0 aromatic heterocycles. The summed E-state index contributed by atoms with van der Waals surface area (Å²) in [5.74, 6) is 0.432. The molecule has 20 heavy (non-hydrogen) atoms. The summed E-state index contributed by atoms with van der Waals surface area (Å²) in [7, 11) is 0. The second kappa shape index (κ2) is 5.65. The average Bonchev–Trinajstić information content (AvgIpc) is 2.42. The Labute approximate surface area is 126 Å². The van der Waals surface area contributed by atoms with Gasteiger partial charge in [0.1, 0.15) is 5.82 Å². The van der Waals surface area contributed by atoms with Crippen molar-refractivity contribution in [3.63, 3.8) is 0 Å². The van der Waals surface area contributed by atoms with Gasteiger partial charge in [0.2, 0.25) is 0 Å². The van der Waals surface area contributed by atoms with Crippen LogP contribution in [0.3, 0.4) is 0 Å². The van der Waals surface area contributed by atoms with Crippen molar-refractivity contribution in [3.05, 3.63) is 34.6 Å². The molecule has 2 N–H and O–H groups in total. The molecule has 0 heterocycles. The van der Waals surface area contributed by atoms with E-state index in [1.54, 1.807) is 6.07 Å². The van der Waals surface area contributed by atoms with Crippen molar-refractivity contribution in [2.75, 3.05) is 0 Å². The SMILES string of the molecule is CCC(C)(C)C1CCC(N)(c2cc(F)ccc2Cl)CC1. The lowest BCUT2D eigenvalue weighted by Crippen LogP contribution is -2.43. The number of nitrogens with two attached hydrogens (primary N) is 1. The van der Waals surface area contributed by atoms with Gasteiger partial charge in [-0.05, 0) is 60.8 Å². The van der Waals surface area contributed by atoms with E-state index in [1.807, 2.05) is 0 Å². The van der Waals surface area contributed by atoms with Crippen LogP contribution in [0.4, 0.5) is 4.39 Å². The summed E-state index contributed by atoms with van der Waals surface area (Å²) < 4.78 is 13.5. The Morgan fingerprint density at radius 3 is 2.50 bits per heavy atom.